The third kappa shape index (κ3) is 5.91. The molecule has 0 aliphatic rings. The monoisotopic (exact) mass is 362 g/mol. The number of carbonyl (C=O) groups is 1. The van der Waals surface area contributed by atoms with Gasteiger partial charge in [-0.1, -0.05) is 11.6 Å². The fraction of sp³-hybridized carbons (Fsp3) is 0.222. The molecule has 0 radical (unpaired) electrons. The van der Waals surface area contributed by atoms with Gasteiger partial charge in [0.2, 0.25) is 0 Å². The molecule has 2 aromatic rings. The van der Waals surface area contributed by atoms with Crippen molar-refractivity contribution in [2.75, 3.05) is 6.61 Å². The summed E-state index contributed by atoms with van der Waals surface area (Å²) in [5.74, 6) is 0.656. The maximum atomic E-state index is 12.1. The Morgan fingerprint density at radius 2 is 1.92 bits per heavy atom. The quantitative estimate of drug-likeness (QED) is 0.452. The Morgan fingerprint density at radius 1 is 1.25 bits per heavy atom. The molecule has 126 valence electrons. The van der Waals surface area contributed by atoms with Crippen LogP contribution in [0.2, 0.25) is 5.02 Å². The van der Waals surface area contributed by atoms with Crippen molar-refractivity contribution in [2.45, 2.75) is 24.0 Å². The van der Waals surface area contributed by atoms with Crippen LogP contribution in [0.1, 0.15) is 19.4 Å². The molecular formula is C18H19ClN2O2S. The Morgan fingerprint density at radius 3 is 2.54 bits per heavy atom. The molecule has 0 fully saturated rings. The maximum absolute atomic E-state index is 12.1. The second kappa shape index (κ2) is 9.35. The Labute approximate surface area is 151 Å². The lowest BCUT2D eigenvalue weighted by Crippen LogP contribution is -2.26. The van der Waals surface area contributed by atoms with E-state index < -0.39 is 0 Å². The molecule has 24 heavy (non-hydrogen) atoms. The van der Waals surface area contributed by atoms with Gasteiger partial charge in [-0.05, 0) is 67.9 Å². The molecule has 2 rings (SSSR count). The van der Waals surface area contributed by atoms with Crippen LogP contribution in [-0.4, -0.2) is 24.0 Å². The molecule has 4 nitrogen and oxygen atoms in total. The van der Waals surface area contributed by atoms with Crippen molar-refractivity contribution >= 4 is 35.5 Å². The Kier molecular flexibility index (Phi) is 7.15. The van der Waals surface area contributed by atoms with E-state index in [1.165, 1.54) is 11.8 Å². The number of hydrogen-bond acceptors (Lipinski definition) is 4. The molecule has 0 spiro atoms. The van der Waals surface area contributed by atoms with E-state index >= 15 is 0 Å². The fourth-order valence-electron chi connectivity index (χ4n) is 1.85. The average Bonchev–Trinajstić information content (AvgIpc) is 2.58. The van der Waals surface area contributed by atoms with E-state index in [2.05, 4.69) is 10.5 Å². The van der Waals surface area contributed by atoms with Crippen LogP contribution < -0.4 is 10.2 Å². The highest BCUT2D eigenvalue weighted by Crippen LogP contribution is 2.24. The van der Waals surface area contributed by atoms with E-state index in [9.17, 15) is 4.79 Å². The predicted octanol–water partition coefficient (Wildman–Crippen LogP) is 4.37. The lowest BCUT2D eigenvalue weighted by atomic mass is 10.2. The van der Waals surface area contributed by atoms with Gasteiger partial charge in [-0.25, -0.2) is 5.43 Å². The summed E-state index contributed by atoms with van der Waals surface area (Å²) in [4.78, 5) is 13.0. The Balaban J connectivity index is 1.83. The highest BCUT2D eigenvalue weighted by molar-refractivity contribution is 8.00. The molecule has 0 aliphatic carbocycles. The normalized spacial score (nSPS) is 12.1. The molecule has 0 aliphatic heterocycles. The van der Waals surface area contributed by atoms with Crippen molar-refractivity contribution < 1.29 is 9.53 Å². The van der Waals surface area contributed by atoms with Crippen LogP contribution in [0, 0.1) is 0 Å². The largest absolute Gasteiger partial charge is 0.494 e. The number of thioether (sulfide) groups is 1. The minimum atomic E-state index is -0.261. The first-order valence-electron chi connectivity index (χ1n) is 7.56. The van der Waals surface area contributed by atoms with Crippen molar-refractivity contribution in [2.24, 2.45) is 5.10 Å². The van der Waals surface area contributed by atoms with Gasteiger partial charge in [0.15, 0.2) is 0 Å². The summed E-state index contributed by atoms with van der Waals surface area (Å²) in [6.07, 6.45) is 1.60. The van der Waals surface area contributed by atoms with E-state index in [1.54, 1.807) is 18.3 Å². The molecule has 1 N–H and O–H groups in total. The summed E-state index contributed by atoms with van der Waals surface area (Å²) in [5.41, 5.74) is 3.44. The lowest BCUT2D eigenvalue weighted by Gasteiger charge is -2.09. The number of benzene rings is 2. The van der Waals surface area contributed by atoms with E-state index in [0.717, 1.165) is 16.2 Å². The number of nitrogens with one attached hydrogen (secondary N) is 1. The number of rotatable bonds is 7. The zero-order chi connectivity index (χ0) is 17.4. The fourth-order valence-corrected chi connectivity index (χ4v) is 2.84. The first kappa shape index (κ1) is 18.4. The summed E-state index contributed by atoms with van der Waals surface area (Å²) in [6.45, 7) is 4.40. The van der Waals surface area contributed by atoms with Crippen LogP contribution in [-0.2, 0) is 4.79 Å². The molecular weight excluding hydrogens is 344 g/mol. The van der Waals surface area contributed by atoms with Crippen LogP contribution in [0.5, 0.6) is 5.75 Å². The number of hydrogen-bond donors (Lipinski definition) is 1. The van der Waals surface area contributed by atoms with Crippen molar-refractivity contribution in [3.05, 3.63) is 59.1 Å². The highest BCUT2D eigenvalue weighted by atomic mass is 35.5. The molecule has 0 unspecified atom stereocenters. The van der Waals surface area contributed by atoms with Gasteiger partial charge < -0.3 is 4.74 Å². The molecule has 0 saturated heterocycles. The first-order valence-corrected chi connectivity index (χ1v) is 8.82. The SMILES string of the molecule is CCOc1ccc(/C=N\NC(=O)[C@H](C)Sc2ccc(Cl)cc2)cc1. The predicted molar refractivity (Wildman–Crippen MR) is 100 cm³/mol. The number of amides is 1. The smallest absolute Gasteiger partial charge is 0.253 e. The highest BCUT2D eigenvalue weighted by Gasteiger charge is 2.13. The van der Waals surface area contributed by atoms with Gasteiger partial charge >= 0.3 is 0 Å². The van der Waals surface area contributed by atoms with E-state index in [0.29, 0.717) is 11.6 Å². The molecule has 6 heteroatoms. The Bertz CT molecular complexity index is 687. The Hall–Kier alpha value is -1.98. The molecule has 0 aromatic heterocycles. The third-order valence-corrected chi connectivity index (χ3v) is 4.44. The summed E-state index contributed by atoms with van der Waals surface area (Å²) in [7, 11) is 0. The number of carbonyl (C=O) groups excluding carboxylic acids is 1. The lowest BCUT2D eigenvalue weighted by molar-refractivity contribution is -0.120. The zero-order valence-corrected chi connectivity index (χ0v) is 15.1. The van der Waals surface area contributed by atoms with Crippen LogP contribution in [0.4, 0.5) is 0 Å². The van der Waals surface area contributed by atoms with Gasteiger partial charge in [0, 0.05) is 9.92 Å². The van der Waals surface area contributed by atoms with E-state index in [4.69, 9.17) is 16.3 Å². The van der Waals surface area contributed by atoms with E-state index in [-0.39, 0.29) is 11.2 Å². The number of ether oxygens (including phenoxy) is 1. The average molecular weight is 363 g/mol. The summed E-state index contributed by atoms with van der Waals surface area (Å²) in [5, 5.41) is 4.41. The van der Waals surface area contributed by atoms with Gasteiger partial charge in [0.25, 0.3) is 5.91 Å². The van der Waals surface area contributed by atoms with Crippen LogP contribution in [0.15, 0.2) is 58.5 Å². The van der Waals surface area contributed by atoms with Gasteiger partial charge in [-0.15, -0.1) is 11.8 Å². The molecule has 0 heterocycles. The number of halogens is 1. The van der Waals surface area contributed by atoms with Crippen molar-refractivity contribution in [3.8, 4) is 5.75 Å². The molecule has 1 atom stereocenters. The molecule has 0 bridgehead atoms. The van der Waals surface area contributed by atoms with E-state index in [1.807, 2.05) is 50.2 Å². The maximum Gasteiger partial charge on any atom is 0.253 e. The third-order valence-electron chi connectivity index (χ3n) is 3.08. The zero-order valence-electron chi connectivity index (χ0n) is 13.5. The summed E-state index contributed by atoms with van der Waals surface area (Å²) < 4.78 is 5.37. The van der Waals surface area contributed by atoms with Crippen LogP contribution >= 0.6 is 23.4 Å². The number of nitrogens with zero attached hydrogens (tertiary/aromatic N) is 1. The van der Waals surface area contributed by atoms with Crippen molar-refractivity contribution in [3.63, 3.8) is 0 Å². The summed E-state index contributed by atoms with van der Waals surface area (Å²) in [6, 6.07) is 14.9. The molecule has 0 saturated carbocycles. The van der Waals surface area contributed by atoms with Gasteiger partial charge in [0.1, 0.15) is 5.75 Å². The number of hydrazone groups is 1. The first-order chi connectivity index (χ1) is 11.6. The van der Waals surface area contributed by atoms with Gasteiger partial charge in [-0.3, -0.25) is 4.79 Å². The molecule has 1 amide bonds. The molecule has 2 aromatic carbocycles. The second-order valence-corrected chi connectivity index (χ2v) is 6.80. The van der Waals surface area contributed by atoms with Gasteiger partial charge in [-0.2, -0.15) is 5.10 Å². The van der Waals surface area contributed by atoms with Gasteiger partial charge in [0.05, 0.1) is 18.1 Å². The second-order valence-electron chi connectivity index (χ2n) is 4.95. The minimum absolute atomic E-state index is 0.155. The van der Waals surface area contributed by atoms with Crippen LogP contribution in [0.25, 0.3) is 0 Å². The standard InChI is InChI=1S/C18H19ClN2O2S/c1-3-23-16-8-4-14(5-9-16)12-20-21-18(22)13(2)24-17-10-6-15(19)7-11-17/h4-13H,3H2,1-2H3,(H,21,22)/b20-12-/t13-/m0/s1. The topological polar surface area (TPSA) is 50.7 Å². The summed E-state index contributed by atoms with van der Waals surface area (Å²) >= 11 is 7.30. The minimum Gasteiger partial charge on any atom is -0.494 e. The van der Waals surface area contributed by atoms with Crippen LogP contribution in [0.3, 0.4) is 0 Å². The van der Waals surface area contributed by atoms with Crippen molar-refractivity contribution in [1.29, 1.82) is 0 Å². The van der Waals surface area contributed by atoms with Crippen molar-refractivity contribution in [1.82, 2.24) is 5.43 Å².